The molecule has 0 bridgehead atoms. The van der Waals surface area contributed by atoms with Crippen LogP contribution in [0.25, 0.3) is 0 Å². The summed E-state index contributed by atoms with van der Waals surface area (Å²) in [6.07, 6.45) is 2.55. The third-order valence-corrected chi connectivity index (χ3v) is 2.97. The second-order valence-electron chi connectivity index (χ2n) is 4.68. The maximum atomic E-state index is 9.62. The molecule has 0 radical (unpaired) electrons. The lowest BCUT2D eigenvalue weighted by atomic mass is 10.1. The van der Waals surface area contributed by atoms with Gasteiger partial charge < -0.3 is 9.84 Å². The molecular formula is C15H26ClNO2. The quantitative estimate of drug-likeness (QED) is 0.570. The molecule has 0 fully saturated rings. The van der Waals surface area contributed by atoms with E-state index >= 15 is 0 Å². The van der Waals surface area contributed by atoms with Crippen LogP contribution in [0.2, 0.25) is 0 Å². The van der Waals surface area contributed by atoms with E-state index in [9.17, 15) is 5.11 Å². The van der Waals surface area contributed by atoms with Crippen molar-refractivity contribution in [2.75, 3.05) is 13.2 Å². The number of rotatable bonds is 8. The van der Waals surface area contributed by atoms with Crippen LogP contribution >= 0.6 is 12.4 Å². The average molecular weight is 288 g/mol. The average Bonchev–Trinajstić information content (AvgIpc) is 2.35. The van der Waals surface area contributed by atoms with E-state index in [0.717, 1.165) is 36.1 Å². The molecule has 0 aliphatic rings. The lowest BCUT2D eigenvalue weighted by Crippen LogP contribution is -2.32. The van der Waals surface area contributed by atoms with Crippen molar-refractivity contribution in [3.05, 3.63) is 29.3 Å². The van der Waals surface area contributed by atoms with Gasteiger partial charge in [-0.25, -0.2) is 0 Å². The van der Waals surface area contributed by atoms with E-state index < -0.39 is 6.23 Å². The third-order valence-electron chi connectivity index (χ3n) is 2.97. The minimum Gasteiger partial charge on any atom is -0.492 e. The van der Waals surface area contributed by atoms with E-state index in [1.165, 1.54) is 0 Å². The molecule has 1 rings (SSSR count). The summed E-state index contributed by atoms with van der Waals surface area (Å²) in [6, 6.07) is 6.13. The smallest absolute Gasteiger partial charge is 0.125 e. The van der Waals surface area contributed by atoms with Gasteiger partial charge in [0.05, 0.1) is 0 Å². The summed E-state index contributed by atoms with van der Waals surface area (Å²) in [6.45, 7) is 7.46. The van der Waals surface area contributed by atoms with Gasteiger partial charge >= 0.3 is 0 Å². The first kappa shape index (κ1) is 18.2. The van der Waals surface area contributed by atoms with Gasteiger partial charge in [-0.15, -0.1) is 12.4 Å². The molecule has 110 valence electrons. The van der Waals surface area contributed by atoms with Crippen LogP contribution in [0.15, 0.2) is 18.2 Å². The van der Waals surface area contributed by atoms with E-state index in [2.05, 4.69) is 12.2 Å². The largest absolute Gasteiger partial charge is 0.492 e. The SMILES string of the molecule is CCCCC(O)NCCOc1c(C)cccc1C.Cl. The summed E-state index contributed by atoms with van der Waals surface area (Å²) in [5, 5.41) is 12.7. The molecule has 1 atom stereocenters. The topological polar surface area (TPSA) is 41.5 Å². The number of aryl methyl sites for hydroxylation is 2. The Morgan fingerprint density at radius 2 is 1.89 bits per heavy atom. The van der Waals surface area contributed by atoms with Crippen molar-refractivity contribution in [3.63, 3.8) is 0 Å². The van der Waals surface area contributed by atoms with Crippen LogP contribution in [0.3, 0.4) is 0 Å². The van der Waals surface area contributed by atoms with E-state index in [1.807, 2.05) is 32.0 Å². The van der Waals surface area contributed by atoms with Crippen molar-refractivity contribution in [3.8, 4) is 5.75 Å². The van der Waals surface area contributed by atoms with Gasteiger partial charge in [-0.3, -0.25) is 5.32 Å². The second kappa shape index (κ2) is 10.1. The van der Waals surface area contributed by atoms with Gasteiger partial charge in [0, 0.05) is 6.54 Å². The van der Waals surface area contributed by atoms with Crippen LogP contribution in [0, 0.1) is 13.8 Å². The molecule has 0 saturated heterocycles. The van der Waals surface area contributed by atoms with Crippen LogP contribution < -0.4 is 10.1 Å². The molecule has 0 spiro atoms. The number of hydrogen-bond donors (Lipinski definition) is 2. The van der Waals surface area contributed by atoms with Crippen LogP contribution in [0.4, 0.5) is 0 Å². The van der Waals surface area contributed by atoms with Crippen molar-refractivity contribution in [1.29, 1.82) is 0 Å². The number of aliphatic hydroxyl groups is 1. The molecule has 2 N–H and O–H groups in total. The Hall–Kier alpha value is -0.770. The predicted molar refractivity (Wildman–Crippen MR) is 82.2 cm³/mol. The van der Waals surface area contributed by atoms with Crippen LogP contribution in [-0.4, -0.2) is 24.5 Å². The van der Waals surface area contributed by atoms with E-state index in [0.29, 0.717) is 13.2 Å². The zero-order valence-electron chi connectivity index (χ0n) is 12.1. The summed E-state index contributed by atoms with van der Waals surface area (Å²) in [7, 11) is 0. The Bertz CT molecular complexity index is 338. The van der Waals surface area contributed by atoms with Crippen LogP contribution in [0.1, 0.15) is 37.3 Å². The number of unbranched alkanes of at least 4 members (excludes halogenated alkanes) is 1. The molecule has 0 aliphatic heterocycles. The molecule has 0 amide bonds. The summed E-state index contributed by atoms with van der Waals surface area (Å²) in [5.41, 5.74) is 2.31. The second-order valence-corrected chi connectivity index (χ2v) is 4.68. The van der Waals surface area contributed by atoms with E-state index in [1.54, 1.807) is 0 Å². The van der Waals surface area contributed by atoms with Crippen LogP contribution in [-0.2, 0) is 0 Å². The summed E-state index contributed by atoms with van der Waals surface area (Å²) >= 11 is 0. The van der Waals surface area contributed by atoms with Crippen LogP contribution in [0.5, 0.6) is 5.75 Å². The number of aliphatic hydroxyl groups excluding tert-OH is 1. The van der Waals surface area contributed by atoms with Crippen molar-refractivity contribution in [1.82, 2.24) is 5.32 Å². The third kappa shape index (κ3) is 6.81. The standard InChI is InChI=1S/C15H25NO2.ClH/c1-4-5-9-14(17)16-10-11-18-15-12(2)7-6-8-13(15)3;/h6-8,14,16-17H,4-5,9-11H2,1-3H3;1H. The first-order valence-corrected chi connectivity index (χ1v) is 6.75. The molecular weight excluding hydrogens is 262 g/mol. The Kier molecular flexibility index (Phi) is 9.66. The van der Waals surface area contributed by atoms with E-state index in [-0.39, 0.29) is 12.4 Å². The fraction of sp³-hybridized carbons (Fsp3) is 0.600. The highest BCUT2D eigenvalue weighted by Gasteiger charge is 2.04. The Morgan fingerprint density at radius 3 is 2.47 bits per heavy atom. The monoisotopic (exact) mass is 287 g/mol. The maximum absolute atomic E-state index is 9.62. The highest BCUT2D eigenvalue weighted by molar-refractivity contribution is 5.85. The number of para-hydroxylation sites is 1. The molecule has 0 heterocycles. The lowest BCUT2D eigenvalue weighted by Gasteiger charge is -2.15. The number of nitrogens with one attached hydrogen (secondary N) is 1. The van der Waals surface area contributed by atoms with Crippen molar-refractivity contribution in [2.24, 2.45) is 0 Å². The fourth-order valence-electron chi connectivity index (χ4n) is 1.91. The Labute approximate surface area is 122 Å². The molecule has 0 aliphatic carbocycles. The summed E-state index contributed by atoms with van der Waals surface area (Å²) in [4.78, 5) is 0. The van der Waals surface area contributed by atoms with Gasteiger partial charge in [-0.2, -0.15) is 0 Å². The van der Waals surface area contributed by atoms with Gasteiger partial charge in [0.25, 0.3) is 0 Å². The molecule has 1 aromatic rings. The predicted octanol–water partition coefficient (Wildman–Crippen LogP) is 3.20. The normalized spacial score (nSPS) is 11.8. The minimum atomic E-state index is -0.411. The molecule has 4 heteroatoms. The van der Waals surface area contributed by atoms with Gasteiger partial charge in [-0.05, 0) is 37.8 Å². The maximum Gasteiger partial charge on any atom is 0.125 e. The minimum absolute atomic E-state index is 0. The van der Waals surface area contributed by atoms with Gasteiger partial charge in [0.15, 0.2) is 0 Å². The Morgan fingerprint density at radius 1 is 1.26 bits per heavy atom. The summed E-state index contributed by atoms with van der Waals surface area (Å²) in [5.74, 6) is 0.961. The lowest BCUT2D eigenvalue weighted by molar-refractivity contribution is 0.119. The summed E-state index contributed by atoms with van der Waals surface area (Å²) < 4.78 is 5.75. The zero-order valence-corrected chi connectivity index (χ0v) is 12.9. The van der Waals surface area contributed by atoms with Gasteiger partial charge in [-0.1, -0.05) is 31.5 Å². The number of ether oxygens (including phenoxy) is 1. The molecule has 19 heavy (non-hydrogen) atoms. The van der Waals surface area contributed by atoms with Crippen molar-refractivity contribution >= 4 is 12.4 Å². The highest BCUT2D eigenvalue weighted by atomic mass is 35.5. The number of hydrogen-bond acceptors (Lipinski definition) is 3. The fourth-order valence-corrected chi connectivity index (χ4v) is 1.91. The van der Waals surface area contributed by atoms with Crippen molar-refractivity contribution < 1.29 is 9.84 Å². The van der Waals surface area contributed by atoms with Gasteiger partial charge in [0.2, 0.25) is 0 Å². The molecule has 1 aromatic carbocycles. The first-order valence-electron chi connectivity index (χ1n) is 6.75. The highest BCUT2D eigenvalue weighted by Crippen LogP contribution is 2.21. The molecule has 0 aromatic heterocycles. The number of benzene rings is 1. The van der Waals surface area contributed by atoms with E-state index in [4.69, 9.17) is 4.74 Å². The molecule has 3 nitrogen and oxygen atoms in total. The number of halogens is 1. The van der Waals surface area contributed by atoms with Crippen molar-refractivity contribution in [2.45, 2.75) is 46.3 Å². The first-order chi connectivity index (χ1) is 8.65. The molecule has 0 saturated carbocycles. The Balaban J connectivity index is 0.00000324. The molecule has 1 unspecified atom stereocenters. The van der Waals surface area contributed by atoms with Gasteiger partial charge in [0.1, 0.15) is 18.6 Å². The zero-order chi connectivity index (χ0) is 13.4.